The predicted octanol–water partition coefficient (Wildman–Crippen LogP) is 3.11. The minimum atomic E-state index is 0.600. The molecular formula is C15H23NOS. The van der Waals surface area contributed by atoms with E-state index in [0.29, 0.717) is 11.3 Å². The molecule has 1 aromatic rings. The van der Waals surface area contributed by atoms with Gasteiger partial charge in [-0.15, -0.1) is 11.8 Å². The van der Waals surface area contributed by atoms with Gasteiger partial charge in [0.15, 0.2) is 0 Å². The summed E-state index contributed by atoms with van der Waals surface area (Å²) >= 11 is 2.04. The molecule has 0 radical (unpaired) electrons. The molecule has 18 heavy (non-hydrogen) atoms. The van der Waals surface area contributed by atoms with Crippen LogP contribution < -0.4 is 5.32 Å². The van der Waals surface area contributed by atoms with Gasteiger partial charge in [-0.1, -0.05) is 25.1 Å². The minimum Gasteiger partial charge on any atom is -0.385 e. The van der Waals surface area contributed by atoms with Gasteiger partial charge in [-0.25, -0.2) is 0 Å². The van der Waals surface area contributed by atoms with Crippen LogP contribution >= 0.6 is 11.8 Å². The maximum atomic E-state index is 5.16. The molecule has 2 unspecified atom stereocenters. The molecule has 0 aliphatic carbocycles. The topological polar surface area (TPSA) is 21.3 Å². The molecule has 0 fully saturated rings. The highest BCUT2D eigenvalue weighted by Gasteiger charge is 2.28. The SMILES string of the molecule is CCNC(CCCOC)C1Cc2ccccc2S1. The van der Waals surface area contributed by atoms with E-state index in [0.717, 1.165) is 19.6 Å². The van der Waals surface area contributed by atoms with Crippen LogP contribution in [0.15, 0.2) is 29.2 Å². The van der Waals surface area contributed by atoms with Gasteiger partial charge in [0.1, 0.15) is 0 Å². The molecule has 0 aromatic heterocycles. The quantitative estimate of drug-likeness (QED) is 0.765. The van der Waals surface area contributed by atoms with Crippen LogP contribution in [0.2, 0.25) is 0 Å². The van der Waals surface area contributed by atoms with Gasteiger partial charge in [-0.2, -0.15) is 0 Å². The van der Waals surface area contributed by atoms with Crippen molar-refractivity contribution in [2.75, 3.05) is 20.3 Å². The average molecular weight is 265 g/mol. The predicted molar refractivity (Wildman–Crippen MR) is 78.4 cm³/mol. The second kappa shape index (κ2) is 7.17. The fourth-order valence-electron chi connectivity index (χ4n) is 2.56. The maximum absolute atomic E-state index is 5.16. The summed E-state index contributed by atoms with van der Waals surface area (Å²) in [6.45, 7) is 4.10. The molecule has 2 nitrogen and oxygen atoms in total. The molecule has 0 saturated heterocycles. The molecule has 2 rings (SSSR count). The number of hydrogen-bond donors (Lipinski definition) is 1. The summed E-state index contributed by atoms with van der Waals surface area (Å²) in [7, 11) is 1.78. The molecule has 1 aliphatic heterocycles. The lowest BCUT2D eigenvalue weighted by molar-refractivity contribution is 0.188. The molecule has 0 bridgehead atoms. The van der Waals surface area contributed by atoms with Crippen molar-refractivity contribution >= 4 is 11.8 Å². The van der Waals surface area contributed by atoms with E-state index in [4.69, 9.17) is 4.74 Å². The third-order valence-electron chi connectivity index (χ3n) is 3.45. The van der Waals surface area contributed by atoms with Gasteiger partial charge in [0.2, 0.25) is 0 Å². The van der Waals surface area contributed by atoms with Crippen molar-refractivity contribution in [1.82, 2.24) is 5.32 Å². The van der Waals surface area contributed by atoms with Crippen LogP contribution in [-0.2, 0) is 11.2 Å². The Morgan fingerprint density at radius 2 is 2.28 bits per heavy atom. The smallest absolute Gasteiger partial charge is 0.0462 e. The first kappa shape index (κ1) is 13.9. The molecule has 100 valence electrons. The van der Waals surface area contributed by atoms with Gasteiger partial charge in [0.05, 0.1) is 0 Å². The van der Waals surface area contributed by atoms with E-state index in [1.165, 1.54) is 23.3 Å². The molecular weight excluding hydrogens is 242 g/mol. The number of fused-ring (bicyclic) bond motifs is 1. The summed E-state index contributed by atoms with van der Waals surface area (Å²) in [4.78, 5) is 1.47. The second-order valence-electron chi connectivity index (χ2n) is 4.77. The summed E-state index contributed by atoms with van der Waals surface area (Å²) in [5.74, 6) is 0. The van der Waals surface area contributed by atoms with Gasteiger partial charge in [-0.05, 0) is 37.4 Å². The summed E-state index contributed by atoms with van der Waals surface area (Å²) in [5.41, 5.74) is 1.52. The van der Waals surface area contributed by atoms with Crippen molar-refractivity contribution in [1.29, 1.82) is 0 Å². The first-order valence-corrected chi connectivity index (χ1v) is 7.70. The molecule has 3 heteroatoms. The largest absolute Gasteiger partial charge is 0.385 e. The van der Waals surface area contributed by atoms with Crippen molar-refractivity contribution in [3.8, 4) is 0 Å². The van der Waals surface area contributed by atoms with Crippen molar-refractivity contribution in [3.63, 3.8) is 0 Å². The summed E-state index contributed by atoms with van der Waals surface area (Å²) in [6, 6.07) is 9.40. The van der Waals surface area contributed by atoms with E-state index in [-0.39, 0.29) is 0 Å². The number of methoxy groups -OCH3 is 1. The Labute approximate surface area is 114 Å². The van der Waals surface area contributed by atoms with Gasteiger partial charge in [0.25, 0.3) is 0 Å². The van der Waals surface area contributed by atoms with Crippen molar-refractivity contribution in [3.05, 3.63) is 29.8 Å². The zero-order valence-electron chi connectivity index (χ0n) is 11.3. The molecule has 1 aromatic carbocycles. The Morgan fingerprint density at radius 1 is 1.44 bits per heavy atom. The average Bonchev–Trinajstić information content (AvgIpc) is 2.81. The zero-order chi connectivity index (χ0) is 12.8. The van der Waals surface area contributed by atoms with E-state index < -0.39 is 0 Å². The molecule has 0 saturated carbocycles. The van der Waals surface area contributed by atoms with Crippen molar-refractivity contribution in [2.24, 2.45) is 0 Å². The highest BCUT2D eigenvalue weighted by Crippen LogP contribution is 2.39. The Morgan fingerprint density at radius 3 is 3.00 bits per heavy atom. The van der Waals surface area contributed by atoms with Crippen LogP contribution in [0.5, 0.6) is 0 Å². The number of rotatable bonds is 7. The fraction of sp³-hybridized carbons (Fsp3) is 0.600. The Bertz CT molecular complexity index is 344. The first-order chi connectivity index (χ1) is 8.85. The molecule has 0 amide bonds. The Balaban J connectivity index is 1.92. The molecule has 1 aliphatic rings. The van der Waals surface area contributed by atoms with Crippen molar-refractivity contribution < 1.29 is 4.74 Å². The number of thioether (sulfide) groups is 1. The van der Waals surface area contributed by atoms with E-state index in [9.17, 15) is 0 Å². The first-order valence-electron chi connectivity index (χ1n) is 6.82. The fourth-order valence-corrected chi connectivity index (χ4v) is 4.01. The Kier molecular flexibility index (Phi) is 5.54. The number of nitrogens with one attached hydrogen (secondary N) is 1. The van der Waals surface area contributed by atoms with Crippen LogP contribution in [0.25, 0.3) is 0 Å². The lowest BCUT2D eigenvalue weighted by atomic mass is 10.0. The van der Waals surface area contributed by atoms with Crippen LogP contribution in [0.4, 0.5) is 0 Å². The lowest BCUT2D eigenvalue weighted by Gasteiger charge is -2.23. The third kappa shape index (κ3) is 3.50. The normalized spacial score (nSPS) is 19.8. The molecule has 2 atom stereocenters. The zero-order valence-corrected chi connectivity index (χ0v) is 12.1. The van der Waals surface area contributed by atoms with Gasteiger partial charge >= 0.3 is 0 Å². The van der Waals surface area contributed by atoms with E-state index in [1.54, 1.807) is 7.11 Å². The van der Waals surface area contributed by atoms with E-state index in [1.807, 2.05) is 11.8 Å². The van der Waals surface area contributed by atoms with E-state index in [2.05, 4.69) is 36.5 Å². The maximum Gasteiger partial charge on any atom is 0.0462 e. The molecule has 0 spiro atoms. The van der Waals surface area contributed by atoms with E-state index >= 15 is 0 Å². The highest BCUT2D eigenvalue weighted by atomic mass is 32.2. The lowest BCUT2D eigenvalue weighted by Crippen LogP contribution is -2.38. The summed E-state index contributed by atoms with van der Waals surface area (Å²) < 4.78 is 5.16. The number of hydrogen-bond acceptors (Lipinski definition) is 3. The summed E-state index contributed by atoms with van der Waals surface area (Å²) in [6.07, 6.45) is 3.54. The third-order valence-corrected chi connectivity index (χ3v) is 4.90. The van der Waals surface area contributed by atoms with Gasteiger partial charge in [0, 0.05) is 29.9 Å². The molecule has 1 heterocycles. The van der Waals surface area contributed by atoms with Crippen LogP contribution in [0.1, 0.15) is 25.3 Å². The number of benzene rings is 1. The van der Waals surface area contributed by atoms with Crippen LogP contribution in [-0.4, -0.2) is 31.6 Å². The standard InChI is InChI=1S/C15H23NOS/c1-3-16-13(8-6-10-17-2)15-11-12-7-4-5-9-14(12)18-15/h4-5,7,9,13,15-16H,3,6,8,10-11H2,1-2H3. The monoisotopic (exact) mass is 265 g/mol. The van der Waals surface area contributed by atoms with Gasteiger partial charge < -0.3 is 10.1 Å². The van der Waals surface area contributed by atoms with Crippen LogP contribution in [0.3, 0.4) is 0 Å². The number of ether oxygens (including phenoxy) is 1. The molecule has 1 N–H and O–H groups in total. The van der Waals surface area contributed by atoms with Gasteiger partial charge in [-0.3, -0.25) is 0 Å². The highest BCUT2D eigenvalue weighted by molar-refractivity contribution is 8.00. The summed E-state index contributed by atoms with van der Waals surface area (Å²) in [5, 5.41) is 4.32. The minimum absolute atomic E-state index is 0.600. The second-order valence-corrected chi connectivity index (χ2v) is 6.05. The van der Waals surface area contributed by atoms with Crippen LogP contribution in [0, 0.1) is 0 Å². The Hall–Kier alpha value is -0.510. The van der Waals surface area contributed by atoms with Crippen molar-refractivity contribution in [2.45, 2.75) is 42.4 Å².